The third kappa shape index (κ3) is 2.08. The lowest BCUT2D eigenvalue weighted by Crippen LogP contribution is -2.25. The Balaban J connectivity index is 2.25. The molecule has 1 fully saturated rings. The van der Waals surface area contributed by atoms with Crippen molar-refractivity contribution in [2.24, 2.45) is 23.7 Å². The highest BCUT2D eigenvalue weighted by Gasteiger charge is 2.40. The molecule has 0 bridgehead atoms. The van der Waals surface area contributed by atoms with Gasteiger partial charge in [0.1, 0.15) is 6.29 Å². The molecule has 0 aliphatic heterocycles. The van der Waals surface area contributed by atoms with E-state index in [1.54, 1.807) is 0 Å². The molecule has 0 radical (unpaired) electrons. The Morgan fingerprint density at radius 3 is 2.75 bits per heavy atom. The third-order valence-electron chi connectivity index (χ3n) is 4.46. The van der Waals surface area contributed by atoms with Crippen LogP contribution in [0.3, 0.4) is 0 Å². The highest BCUT2D eigenvalue weighted by Crippen LogP contribution is 2.46. The molecule has 2 aliphatic rings. The quantitative estimate of drug-likeness (QED) is 0.729. The Hall–Kier alpha value is -0.630. The number of carbonyl (C=O) groups excluding carboxylic acids is 1. The largest absolute Gasteiger partial charge is 0.393 e. The molecule has 0 aromatic heterocycles. The SMILES string of the molecule is CC(C)[C@H]1CC[C@@H]2[C@H]1C=C(C=O)CC[C@@H]2O. The zero-order chi connectivity index (χ0) is 11.7. The van der Waals surface area contributed by atoms with Crippen molar-refractivity contribution < 1.29 is 9.90 Å². The lowest BCUT2D eigenvalue weighted by molar-refractivity contribution is -0.105. The number of fused-ring (bicyclic) bond motifs is 1. The van der Waals surface area contributed by atoms with Crippen LogP contribution in [-0.4, -0.2) is 17.5 Å². The summed E-state index contributed by atoms with van der Waals surface area (Å²) in [4.78, 5) is 10.9. The van der Waals surface area contributed by atoms with E-state index < -0.39 is 0 Å². The van der Waals surface area contributed by atoms with Crippen molar-refractivity contribution in [2.45, 2.75) is 45.6 Å². The van der Waals surface area contributed by atoms with Gasteiger partial charge in [-0.2, -0.15) is 0 Å². The first-order valence-corrected chi connectivity index (χ1v) is 6.47. The van der Waals surface area contributed by atoms with E-state index in [-0.39, 0.29) is 6.10 Å². The monoisotopic (exact) mass is 222 g/mol. The molecular weight excluding hydrogens is 200 g/mol. The fourth-order valence-electron chi connectivity index (χ4n) is 3.52. The Labute approximate surface area is 97.7 Å². The Kier molecular flexibility index (Phi) is 3.48. The number of hydrogen-bond donors (Lipinski definition) is 1. The van der Waals surface area contributed by atoms with Gasteiger partial charge in [0.05, 0.1) is 6.10 Å². The summed E-state index contributed by atoms with van der Waals surface area (Å²) in [7, 11) is 0. The van der Waals surface area contributed by atoms with Crippen LogP contribution >= 0.6 is 0 Å². The van der Waals surface area contributed by atoms with Crippen LogP contribution in [0.25, 0.3) is 0 Å². The molecule has 0 heterocycles. The van der Waals surface area contributed by atoms with Gasteiger partial charge >= 0.3 is 0 Å². The summed E-state index contributed by atoms with van der Waals surface area (Å²) in [5, 5.41) is 10.1. The summed E-state index contributed by atoms with van der Waals surface area (Å²) in [5.74, 6) is 2.11. The maximum Gasteiger partial charge on any atom is 0.145 e. The van der Waals surface area contributed by atoms with Gasteiger partial charge in [-0.05, 0) is 54.9 Å². The summed E-state index contributed by atoms with van der Waals surface area (Å²) in [6.45, 7) is 4.50. The van der Waals surface area contributed by atoms with Crippen molar-refractivity contribution in [1.82, 2.24) is 0 Å². The van der Waals surface area contributed by atoms with Crippen molar-refractivity contribution in [3.8, 4) is 0 Å². The van der Waals surface area contributed by atoms with Gasteiger partial charge in [0, 0.05) is 0 Å². The molecule has 0 unspecified atom stereocenters. The molecule has 2 heteroatoms. The molecule has 0 aromatic rings. The van der Waals surface area contributed by atoms with Crippen LogP contribution in [0, 0.1) is 23.7 Å². The van der Waals surface area contributed by atoms with Crippen LogP contribution in [0.4, 0.5) is 0 Å². The Morgan fingerprint density at radius 2 is 2.12 bits per heavy atom. The summed E-state index contributed by atoms with van der Waals surface area (Å²) in [5.41, 5.74) is 0.902. The van der Waals surface area contributed by atoms with Crippen LogP contribution < -0.4 is 0 Å². The van der Waals surface area contributed by atoms with E-state index in [4.69, 9.17) is 0 Å². The molecule has 0 spiro atoms. The number of aliphatic hydroxyl groups excluding tert-OH is 1. The topological polar surface area (TPSA) is 37.3 Å². The average Bonchev–Trinajstić information content (AvgIpc) is 2.60. The van der Waals surface area contributed by atoms with Crippen LogP contribution in [0.1, 0.15) is 39.5 Å². The fraction of sp³-hybridized carbons (Fsp3) is 0.786. The van der Waals surface area contributed by atoms with E-state index in [1.807, 2.05) is 0 Å². The molecule has 4 atom stereocenters. The Bertz CT molecular complexity index is 293. The van der Waals surface area contributed by atoms with Gasteiger partial charge in [0.25, 0.3) is 0 Å². The number of carbonyl (C=O) groups is 1. The average molecular weight is 222 g/mol. The van der Waals surface area contributed by atoms with E-state index >= 15 is 0 Å². The van der Waals surface area contributed by atoms with Crippen molar-refractivity contribution >= 4 is 6.29 Å². The number of aliphatic hydroxyl groups is 1. The number of rotatable bonds is 2. The molecule has 0 aromatic carbocycles. The molecule has 16 heavy (non-hydrogen) atoms. The van der Waals surface area contributed by atoms with E-state index in [0.29, 0.717) is 23.7 Å². The lowest BCUT2D eigenvalue weighted by Gasteiger charge is -2.26. The Morgan fingerprint density at radius 1 is 1.38 bits per heavy atom. The number of aldehydes is 1. The molecule has 1 N–H and O–H groups in total. The smallest absolute Gasteiger partial charge is 0.145 e. The predicted molar refractivity (Wildman–Crippen MR) is 63.9 cm³/mol. The van der Waals surface area contributed by atoms with Crippen molar-refractivity contribution in [1.29, 1.82) is 0 Å². The predicted octanol–water partition coefficient (Wildman–Crippen LogP) is 2.56. The second kappa shape index (κ2) is 4.70. The van der Waals surface area contributed by atoms with Gasteiger partial charge in [-0.15, -0.1) is 0 Å². The second-order valence-corrected chi connectivity index (χ2v) is 5.69. The van der Waals surface area contributed by atoms with Gasteiger partial charge in [0.15, 0.2) is 0 Å². The zero-order valence-electron chi connectivity index (χ0n) is 10.2. The van der Waals surface area contributed by atoms with Gasteiger partial charge in [-0.25, -0.2) is 0 Å². The first kappa shape index (κ1) is 11.8. The molecule has 2 nitrogen and oxygen atoms in total. The molecule has 0 amide bonds. The summed E-state index contributed by atoms with van der Waals surface area (Å²) < 4.78 is 0. The van der Waals surface area contributed by atoms with E-state index in [0.717, 1.165) is 31.1 Å². The summed E-state index contributed by atoms with van der Waals surface area (Å²) in [6.07, 6.45) is 6.77. The zero-order valence-corrected chi connectivity index (χ0v) is 10.2. The van der Waals surface area contributed by atoms with Crippen LogP contribution in [-0.2, 0) is 4.79 Å². The number of allylic oxidation sites excluding steroid dienone is 2. The maximum atomic E-state index is 10.9. The van der Waals surface area contributed by atoms with Crippen molar-refractivity contribution in [2.75, 3.05) is 0 Å². The molecular formula is C14H22O2. The first-order chi connectivity index (χ1) is 7.63. The van der Waals surface area contributed by atoms with Gasteiger partial charge in [-0.3, -0.25) is 4.79 Å². The molecule has 0 saturated heterocycles. The maximum absolute atomic E-state index is 10.9. The fourth-order valence-corrected chi connectivity index (χ4v) is 3.52. The molecule has 2 aliphatic carbocycles. The number of hydrogen-bond acceptors (Lipinski definition) is 2. The second-order valence-electron chi connectivity index (χ2n) is 5.69. The van der Waals surface area contributed by atoms with E-state index in [9.17, 15) is 9.90 Å². The minimum atomic E-state index is -0.206. The first-order valence-electron chi connectivity index (χ1n) is 6.47. The van der Waals surface area contributed by atoms with Crippen molar-refractivity contribution in [3.63, 3.8) is 0 Å². The van der Waals surface area contributed by atoms with Gasteiger partial charge in [-0.1, -0.05) is 19.9 Å². The highest BCUT2D eigenvalue weighted by atomic mass is 16.3. The molecule has 2 rings (SSSR count). The third-order valence-corrected chi connectivity index (χ3v) is 4.46. The van der Waals surface area contributed by atoms with E-state index in [2.05, 4.69) is 19.9 Å². The van der Waals surface area contributed by atoms with E-state index in [1.165, 1.54) is 6.42 Å². The van der Waals surface area contributed by atoms with Crippen LogP contribution in [0.5, 0.6) is 0 Å². The standard InChI is InChI=1S/C14H22O2/c1-9(2)11-4-5-12-13(11)7-10(8-15)3-6-14(12)16/h7-9,11-14,16H,3-6H2,1-2H3/t11-,12-,13+,14+/m1/s1. The minimum absolute atomic E-state index is 0.206. The highest BCUT2D eigenvalue weighted by molar-refractivity contribution is 5.73. The lowest BCUT2D eigenvalue weighted by atomic mass is 9.81. The normalized spacial score (nSPS) is 39.1. The van der Waals surface area contributed by atoms with Crippen molar-refractivity contribution in [3.05, 3.63) is 11.6 Å². The summed E-state index contributed by atoms with van der Waals surface area (Å²) >= 11 is 0. The molecule has 1 saturated carbocycles. The summed E-state index contributed by atoms with van der Waals surface area (Å²) in [6, 6.07) is 0. The van der Waals surface area contributed by atoms with Crippen LogP contribution in [0.2, 0.25) is 0 Å². The van der Waals surface area contributed by atoms with Crippen LogP contribution in [0.15, 0.2) is 11.6 Å². The van der Waals surface area contributed by atoms with Gasteiger partial charge in [0.2, 0.25) is 0 Å². The molecule has 90 valence electrons. The minimum Gasteiger partial charge on any atom is -0.393 e. The van der Waals surface area contributed by atoms with Gasteiger partial charge < -0.3 is 5.11 Å².